The van der Waals surface area contributed by atoms with Gasteiger partial charge in [0, 0.05) is 17.8 Å². The molecular formula is C11H9NO2. The lowest BCUT2D eigenvalue weighted by molar-refractivity contribution is 0.0699. The molecule has 14 heavy (non-hydrogen) atoms. The molecule has 1 aromatic carbocycles. The topological polar surface area (TPSA) is 50.2 Å². The summed E-state index contributed by atoms with van der Waals surface area (Å²) in [5.74, 6) is -0.914. The van der Waals surface area contributed by atoms with Crippen molar-refractivity contribution >= 4 is 16.7 Å². The fourth-order valence-electron chi connectivity index (χ4n) is 1.53. The predicted octanol–water partition coefficient (Wildman–Crippen LogP) is 2.24. The number of aryl methyl sites for hydroxylation is 1. The Labute approximate surface area is 81.0 Å². The van der Waals surface area contributed by atoms with E-state index >= 15 is 0 Å². The summed E-state index contributed by atoms with van der Waals surface area (Å²) >= 11 is 0. The highest BCUT2D eigenvalue weighted by atomic mass is 16.4. The molecule has 3 nitrogen and oxygen atoms in total. The van der Waals surface area contributed by atoms with E-state index in [0.717, 1.165) is 10.9 Å². The smallest absolute Gasteiger partial charge is 0.336 e. The number of nitrogens with zero attached hydrogens (tertiary/aromatic N) is 1. The number of pyridine rings is 1. The van der Waals surface area contributed by atoms with Crippen LogP contribution in [0.2, 0.25) is 0 Å². The maximum Gasteiger partial charge on any atom is 0.336 e. The van der Waals surface area contributed by atoms with Gasteiger partial charge in [0.05, 0.1) is 5.56 Å². The number of aromatic nitrogens is 1. The fourth-order valence-corrected chi connectivity index (χ4v) is 1.53. The number of aromatic carboxylic acids is 1. The maximum absolute atomic E-state index is 10.9. The van der Waals surface area contributed by atoms with E-state index in [0.29, 0.717) is 10.9 Å². The summed E-state index contributed by atoms with van der Waals surface area (Å²) in [6.07, 6.45) is 3.26. The van der Waals surface area contributed by atoms with Crippen molar-refractivity contribution in [3.8, 4) is 0 Å². The van der Waals surface area contributed by atoms with Gasteiger partial charge in [-0.25, -0.2) is 4.79 Å². The highest BCUT2D eigenvalue weighted by molar-refractivity contribution is 6.04. The third-order valence-electron chi connectivity index (χ3n) is 2.27. The first kappa shape index (κ1) is 8.69. The van der Waals surface area contributed by atoms with Crippen molar-refractivity contribution in [2.45, 2.75) is 6.92 Å². The third-order valence-corrected chi connectivity index (χ3v) is 2.27. The van der Waals surface area contributed by atoms with E-state index in [4.69, 9.17) is 5.11 Å². The van der Waals surface area contributed by atoms with Gasteiger partial charge in [-0.15, -0.1) is 0 Å². The standard InChI is InChI=1S/C11H9NO2/c1-7-2-3-9(11(13)14)10-6-12-5-4-8(7)10/h2-6H,1H3,(H,13,14). The number of carboxylic acids is 1. The summed E-state index contributed by atoms with van der Waals surface area (Å²) in [6.45, 7) is 1.95. The van der Waals surface area contributed by atoms with E-state index in [1.165, 1.54) is 0 Å². The lowest BCUT2D eigenvalue weighted by atomic mass is 10.0. The van der Waals surface area contributed by atoms with Crippen molar-refractivity contribution in [2.75, 3.05) is 0 Å². The van der Waals surface area contributed by atoms with Gasteiger partial charge in [0.2, 0.25) is 0 Å². The molecule has 0 bridgehead atoms. The van der Waals surface area contributed by atoms with Crippen molar-refractivity contribution in [1.29, 1.82) is 0 Å². The van der Waals surface area contributed by atoms with Crippen LogP contribution in [0.1, 0.15) is 15.9 Å². The zero-order valence-corrected chi connectivity index (χ0v) is 7.69. The normalized spacial score (nSPS) is 10.4. The van der Waals surface area contributed by atoms with Gasteiger partial charge in [-0.05, 0) is 30.0 Å². The molecule has 0 aliphatic heterocycles. The minimum atomic E-state index is -0.914. The average Bonchev–Trinajstić information content (AvgIpc) is 2.18. The Bertz CT molecular complexity index is 506. The monoisotopic (exact) mass is 187 g/mol. The van der Waals surface area contributed by atoms with Crippen LogP contribution in [0.5, 0.6) is 0 Å². The number of benzene rings is 1. The lowest BCUT2D eigenvalue weighted by Crippen LogP contribution is -1.98. The summed E-state index contributed by atoms with van der Waals surface area (Å²) in [5, 5.41) is 10.6. The maximum atomic E-state index is 10.9. The molecule has 1 N–H and O–H groups in total. The van der Waals surface area contributed by atoms with Crippen LogP contribution >= 0.6 is 0 Å². The molecule has 0 saturated carbocycles. The van der Waals surface area contributed by atoms with E-state index in [1.807, 2.05) is 19.1 Å². The summed E-state index contributed by atoms with van der Waals surface area (Å²) in [7, 11) is 0. The van der Waals surface area contributed by atoms with Crippen molar-refractivity contribution in [3.63, 3.8) is 0 Å². The van der Waals surface area contributed by atoms with Crippen LogP contribution in [0, 0.1) is 6.92 Å². The Hall–Kier alpha value is -1.90. The van der Waals surface area contributed by atoms with Crippen LogP contribution in [0.4, 0.5) is 0 Å². The first-order valence-electron chi connectivity index (χ1n) is 4.27. The van der Waals surface area contributed by atoms with Crippen LogP contribution in [-0.4, -0.2) is 16.1 Å². The number of carbonyl (C=O) groups is 1. The second-order valence-corrected chi connectivity index (χ2v) is 3.16. The van der Waals surface area contributed by atoms with Gasteiger partial charge in [-0.3, -0.25) is 4.98 Å². The Morgan fingerprint density at radius 2 is 2.07 bits per heavy atom. The Morgan fingerprint density at radius 3 is 2.79 bits per heavy atom. The largest absolute Gasteiger partial charge is 0.478 e. The summed E-state index contributed by atoms with van der Waals surface area (Å²) in [5.41, 5.74) is 1.37. The molecule has 0 atom stereocenters. The minimum Gasteiger partial charge on any atom is -0.478 e. The lowest BCUT2D eigenvalue weighted by Gasteiger charge is -2.04. The number of rotatable bonds is 1. The molecule has 0 aliphatic carbocycles. The zero-order valence-electron chi connectivity index (χ0n) is 7.69. The molecule has 0 fully saturated rings. The van der Waals surface area contributed by atoms with Crippen molar-refractivity contribution < 1.29 is 9.90 Å². The zero-order chi connectivity index (χ0) is 10.1. The molecule has 3 heteroatoms. The number of fused-ring (bicyclic) bond motifs is 1. The van der Waals surface area contributed by atoms with E-state index in [1.54, 1.807) is 18.5 Å². The molecule has 1 aromatic heterocycles. The van der Waals surface area contributed by atoms with E-state index < -0.39 is 5.97 Å². The van der Waals surface area contributed by atoms with Crippen LogP contribution in [0.15, 0.2) is 30.6 Å². The van der Waals surface area contributed by atoms with Gasteiger partial charge in [0.1, 0.15) is 0 Å². The van der Waals surface area contributed by atoms with Gasteiger partial charge >= 0.3 is 5.97 Å². The average molecular weight is 187 g/mol. The van der Waals surface area contributed by atoms with Gasteiger partial charge in [0.15, 0.2) is 0 Å². The summed E-state index contributed by atoms with van der Waals surface area (Å²) < 4.78 is 0. The molecule has 0 amide bonds. The number of carboxylic acid groups (broad SMARTS) is 1. The van der Waals surface area contributed by atoms with E-state index in [2.05, 4.69) is 4.98 Å². The minimum absolute atomic E-state index is 0.304. The Balaban J connectivity index is 2.88. The molecule has 0 aliphatic rings. The first-order valence-corrected chi connectivity index (χ1v) is 4.27. The van der Waals surface area contributed by atoms with Crippen molar-refractivity contribution in [1.82, 2.24) is 4.98 Å². The second kappa shape index (κ2) is 3.10. The van der Waals surface area contributed by atoms with Crippen molar-refractivity contribution in [2.24, 2.45) is 0 Å². The second-order valence-electron chi connectivity index (χ2n) is 3.16. The Kier molecular flexibility index (Phi) is 1.93. The fraction of sp³-hybridized carbons (Fsp3) is 0.0909. The number of hydrogen-bond donors (Lipinski definition) is 1. The summed E-state index contributed by atoms with van der Waals surface area (Å²) in [6, 6.07) is 5.25. The molecule has 0 spiro atoms. The first-order chi connectivity index (χ1) is 6.70. The molecule has 2 aromatic rings. The van der Waals surface area contributed by atoms with Gasteiger partial charge in [-0.1, -0.05) is 6.07 Å². The molecule has 0 saturated heterocycles. The highest BCUT2D eigenvalue weighted by Gasteiger charge is 2.08. The quantitative estimate of drug-likeness (QED) is 0.744. The SMILES string of the molecule is Cc1ccc(C(=O)O)c2cnccc12. The van der Waals surface area contributed by atoms with Gasteiger partial charge in [-0.2, -0.15) is 0 Å². The van der Waals surface area contributed by atoms with Gasteiger partial charge in [0.25, 0.3) is 0 Å². The Morgan fingerprint density at radius 1 is 1.29 bits per heavy atom. The van der Waals surface area contributed by atoms with Gasteiger partial charge < -0.3 is 5.11 Å². The van der Waals surface area contributed by atoms with Crippen LogP contribution in [0.3, 0.4) is 0 Å². The van der Waals surface area contributed by atoms with E-state index in [9.17, 15) is 4.79 Å². The van der Waals surface area contributed by atoms with Crippen LogP contribution in [-0.2, 0) is 0 Å². The van der Waals surface area contributed by atoms with Crippen LogP contribution in [0.25, 0.3) is 10.8 Å². The molecule has 70 valence electrons. The summed E-state index contributed by atoms with van der Waals surface area (Å²) in [4.78, 5) is 14.8. The highest BCUT2D eigenvalue weighted by Crippen LogP contribution is 2.21. The van der Waals surface area contributed by atoms with Crippen LogP contribution < -0.4 is 0 Å². The molecule has 1 heterocycles. The molecule has 0 unspecified atom stereocenters. The third kappa shape index (κ3) is 1.23. The molecule has 0 radical (unpaired) electrons. The molecule has 2 rings (SSSR count). The predicted molar refractivity (Wildman–Crippen MR) is 53.4 cm³/mol. The van der Waals surface area contributed by atoms with E-state index in [-0.39, 0.29) is 0 Å². The van der Waals surface area contributed by atoms with Crippen molar-refractivity contribution in [3.05, 3.63) is 41.7 Å². The molecular weight excluding hydrogens is 178 g/mol. The number of hydrogen-bond acceptors (Lipinski definition) is 2.